The van der Waals surface area contributed by atoms with E-state index >= 15 is 0 Å². The van der Waals surface area contributed by atoms with E-state index in [-0.39, 0.29) is 11.8 Å². The van der Waals surface area contributed by atoms with E-state index in [0.29, 0.717) is 0 Å². The second-order valence-corrected chi connectivity index (χ2v) is 7.57. The highest BCUT2D eigenvalue weighted by molar-refractivity contribution is 5.59. The molecule has 0 spiro atoms. The molecule has 0 N–H and O–H groups in total. The van der Waals surface area contributed by atoms with Crippen LogP contribution >= 0.6 is 0 Å². The fourth-order valence-corrected chi connectivity index (χ4v) is 5.04. The molecule has 0 saturated heterocycles. The molecule has 0 aliphatic heterocycles. The summed E-state index contributed by atoms with van der Waals surface area (Å²) in [7, 11) is 0. The first-order valence-electron chi connectivity index (χ1n) is 8.92. The molecular formula is C24H20N2. The molecule has 2 aliphatic rings. The third-order valence-corrected chi connectivity index (χ3v) is 6.67. The van der Waals surface area contributed by atoms with Crippen molar-refractivity contribution in [2.75, 3.05) is 0 Å². The van der Waals surface area contributed by atoms with Gasteiger partial charge in [-0.2, -0.15) is 10.5 Å². The summed E-state index contributed by atoms with van der Waals surface area (Å²) in [5, 5.41) is 19.9. The highest BCUT2D eigenvalue weighted by Gasteiger charge is 2.64. The molecule has 0 radical (unpaired) electrons. The third-order valence-electron chi connectivity index (χ3n) is 6.67. The van der Waals surface area contributed by atoms with Crippen molar-refractivity contribution < 1.29 is 0 Å². The van der Waals surface area contributed by atoms with Gasteiger partial charge in [-0.3, -0.25) is 0 Å². The molecule has 2 aromatic carbocycles. The summed E-state index contributed by atoms with van der Waals surface area (Å²) in [6.45, 7) is 4.31. The van der Waals surface area contributed by atoms with Crippen LogP contribution in [0.25, 0.3) is 0 Å². The SMILES string of the molecule is C[C@]12C(C#N)=C[C@H](c3ccccc3)[C@@]1(C)C(C#N)=C[C@@H]2c1ccccc1. The van der Waals surface area contributed by atoms with E-state index in [1.807, 2.05) is 36.4 Å². The molecule has 0 saturated carbocycles. The van der Waals surface area contributed by atoms with Crippen molar-refractivity contribution in [3.63, 3.8) is 0 Å². The van der Waals surface area contributed by atoms with Gasteiger partial charge in [-0.1, -0.05) is 86.7 Å². The van der Waals surface area contributed by atoms with Crippen LogP contribution in [0.5, 0.6) is 0 Å². The minimum Gasteiger partial charge on any atom is -0.193 e. The van der Waals surface area contributed by atoms with Gasteiger partial charge in [-0.05, 0) is 11.1 Å². The second-order valence-electron chi connectivity index (χ2n) is 7.57. The Morgan fingerprint density at radius 1 is 0.654 bits per heavy atom. The summed E-state index contributed by atoms with van der Waals surface area (Å²) in [5.41, 5.74) is 3.00. The molecule has 2 aliphatic carbocycles. The van der Waals surface area contributed by atoms with Gasteiger partial charge in [0.05, 0.1) is 12.1 Å². The minimum atomic E-state index is -0.436. The Labute approximate surface area is 154 Å². The van der Waals surface area contributed by atoms with Crippen molar-refractivity contribution in [3.05, 3.63) is 95.1 Å². The van der Waals surface area contributed by atoms with Crippen LogP contribution in [0.1, 0.15) is 36.8 Å². The maximum Gasteiger partial charge on any atom is 0.0950 e. The lowest BCUT2D eigenvalue weighted by molar-refractivity contribution is 0.171. The molecule has 0 aromatic heterocycles. The van der Waals surface area contributed by atoms with Gasteiger partial charge in [0.25, 0.3) is 0 Å². The molecule has 0 fully saturated rings. The summed E-state index contributed by atoms with van der Waals surface area (Å²) in [4.78, 5) is 0. The largest absolute Gasteiger partial charge is 0.193 e. The van der Waals surface area contributed by atoms with E-state index in [1.165, 1.54) is 0 Å². The number of allylic oxidation sites excluding steroid dienone is 4. The Morgan fingerprint density at radius 3 is 1.31 bits per heavy atom. The van der Waals surface area contributed by atoms with Gasteiger partial charge >= 0.3 is 0 Å². The first kappa shape index (κ1) is 16.4. The zero-order chi connectivity index (χ0) is 18.4. The Morgan fingerprint density at radius 2 is 1.00 bits per heavy atom. The number of hydrogen-bond donors (Lipinski definition) is 0. The molecule has 0 heterocycles. The fraction of sp³-hybridized carbons (Fsp3) is 0.250. The van der Waals surface area contributed by atoms with Crippen molar-refractivity contribution in [1.29, 1.82) is 10.5 Å². The molecule has 0 unspecified atom stereocenters. The van der Waals surface area contributed by atoms with Crippen LogP contribution in [0.2, 0.25) is 0 Å². The Bertz CT molecular complexity index is 905. The zero-order valence-corrected chi connectivity index (χ0v) is 15.0. The first-order valence-corrected chi connectivity index (χ1v) is 8.92. The smallest absolute Gasteiger partial charge is 0.0950 e. The number of nitrogens with zero attached hydrogens (tertiary/aromatic N) is 2. The van der Waals surface area contributed by atoms with Gasteiger partial charge in [-0.25, -0.2) is 0 Å². The van der Waals surface area contributed by atoms with Gasteiger partial charge < -0.3 is 0 Å². The Hall–Kier alpha value is -3.10. The number of benzene rings is 2. The van der Waals surface area contributed by atoms with Crippen LogP contribution in [-0.4, -0.2) is 0 Å². The van der Waals surface area contributed by atoms with Crippen LogP contribution in [0.3, 0.4) is 0 Å². The molecular weight excluding hydrogens is 316 g/mol. The zero-order valence-electron chi connectivity index (χ0n) is 15.0. The minimum absolute atomic E-state index is 0.0166. The normalized spacial score (nSPS) is 32.2. The van der Waals surface area contributed by atoms with Gasteiger partial charge in [-0.15, -0.1) is 0 Å². The van der Waals surface area contributed by atoms with E-state index in [0.717, 1.165) is 22.3 Å². The maximum atomic E-state index is 9.96. The lowest BCUT2D eigenvalue weighted by Crippen LogP contribution is -2.39. The van der Waals surface area contributed by atoms with Crippen molar-refractivity contribution in [1.82, 2.24) is 0 Å². The van der Waals surface area contributed by atoms with Crippen LogP contribution < -0.4 is 0 Å². The molecule has 2 aromatic rings. The molecule has 2 nitrogen and oxygen atoms in total. The van der Waals surface area contributed by atoms with E-state index in [9.17, 15) is 10.5 Å². The summed E-state index contributed by atoms with van der Waals surface area (Å²) < 4.78 is 0. The predicted molar refractivity (Wildman–Crippen MR) is 102 cm³/mol. The van der Waals surface area contributed by atoms with E-state index in [4.69, 9.17) is 0 Å². The van der Waals surface area contributed by atoms with Crippen molar-refractivity contribution >= 4 is 0 Å². The van der Waals surface area contributed by atoms with Crippen LogP contribution in [-0.2, 0) is 0 Å². The van der Waals surface area contributed by atoms with Gasteiger partial charge in [0.15, 0.2) is 0 Å². The molecule has 126 valence electrons. The van der Waals surface area contributed by atoms with Crippen molar-refractivity contribution in [2.45, 2.75) is 25.7 Å². The Balaban J connectivity index is 1.95. The number of nitriles is 2. The van der Waals surface area contributed by atoms with Gasteiger partial charge in [0.1, 0.15) is 0 Å². The third kappa shape index (κ3) is 1.91. The summed E-state index contributed by atoms with van der Waals surface area (Å²) in [6.07, 6.45) is 4.19. The van der Waals surface area contributed by atoms with Crippen LogP contribution in [0.15, 0.2) is 84.0 Å². The van der Waals surface area contributed by atoms with E-state index in [2.05, 4.69) is 62.4 Å². The van der Waals surface area contributed by atoms with Crippen molar-refractivity contribution in [3.8, 4) is 12.1 Å². The lowest BCUT2D eigenvalue weighted by atomic mass is 9.56. The second kappa shape index (κ2) is 5.72. The molecule has 0 amide bonds. The lowest BCUT2D eigenvalue weighted by Gasteiger charge is -2.44. The highest BCUT2D eigenvalue weighted by Crippen LogP contribution is 2.71. The van der Waals surface area contributed by atoms with Crippen LogP contribution in [0, 0.1) is 33.5 Å². The highest BCUT2D eigenvalue weighted by atomic mass is 14.7. The fourth-order valence-electron chi connectivity index (χ4n) is 5.04. The molecule has 0 bridgehead atoms. The number of hydrogen-bond acceptors (Lipinski definition) is 2. The molecule has 26 heavy (non-hydrogen) atoms. The Kier molecular flexibility index (Phi) is 3.60. The summed E-state index contributed by atoms with van der Waals surface area (Å²) in [6, 6.07) is 25.4. The number of fused-ring (bicyclic) bond motifs is 1. The molecule has 2 heteroatoms. The average molecular weight is 336 g/mol. The van der Waals surface area contributed by atoms with E-state index in [1.54, 1.807) is 0 Å². The van der Waals surface area contributed by atoms with Gasteiger partial charge in [0.2, 0.25) is 0 Å². The summed E-state index contributed by atoms with van der Waals surface area (Å²) in [5.74, 6) is 0.0333. The average Bonchev–Trinajstić information content (AvgIpc) is 3.06. The first-order chi connectivity index (χ1) is 12.6. The predicted octanol–water partition coefficient (Wildman–Crippen LogP) is 5.49. The molecule has 4 atom stereocenters. The van der Waals surface area contributed by atoms with Gasteiger partial charge in [0, 0.05) is 33.8 Å². The topological polar surface area (TPSA) is 47.6 Å². The van der Waals surface area contributed by atoms with Crippen molar-refractivity contribution in [2.24, 2.45) is 10.8 Å². The maximum absolute atomic E-state index is 9.96. The number of rotatable bonds is 2. The quantitative estimate of drug-likeness (QED) is 0.727. The standard InChI is InChI=1S/C24H20N2/c1-23-19(15-25)13-22(18-11-7-4-8-12-18)24(23,2)20(16-26)14-21(23)17-9-5-3-6-10-17/h3-14,21-22H,1-2H3/t21-,22-,23-,24-/m1/s1. The van der Waals surface area contributed by atoms with E-state index < -0.39 is 10.8 Å². The van der Waals surface area contributed by atoms with Crippen LogP contribution in [0.4, 0.5) is 0 Å². The molecule has 4 rings (SSSR count). The summed E-state index contributed by atoms with van der Waals surface area (Å²) >= 11 is 0. The monoisotopic (exact) mass is 336 g/mol.